The molecule has 0 radical (unpaired) electrons. The third-order valence-corrected chi connectivity index (χ3v) is 33.4. The van der Waals surface area contributed by atoms with Crippen molar-refractivity contribution in [3.05, 3.63) is 262 Å². The van der Waals surface area contributed by atoms with Gasteiger partial charge in [0.1, 0.15) is 23.3 Å². The maximum Gasteiger partial charge on any atom is 0.132 e. The Bertz CT molecular complexity index is 3440. The monoisotopic (exact) mass is 1520 g/mol. The molecule has 0 saturated carbocycles. The van der Waals surface area contributed by atoms with E-state index in [1.165, 1.54) is 114 Å². The molecular formula is C86H114F4IN3P4. The van der Waals surface area contributed by atoms with E-state index < -0.39 is 21.7 Å². The summed E-state index contributed by atoms with van der Waals surface area (Å²) in [7, 11) is -2.57. The first kappa shape index (κ1) is 81.1. The van der Waals surface area contributed by atoms with E-state index >= 15 is 8.78 Å². The number of hydrogen-bond acceptors (Lipinski definition) is 3. The zero-order chi connectivity index (χ0) is 71.5. The second-order valence-electron chi connectivity index (χ2n) is 30.2. The quantitative estimate of drug-likeness (QED) is 0.0355. The molecule has 0 amide bonds. The normalized spacial score (nSPS) is 17.0. The second kappa shape index (κ2) is 37.8. The molecule has 0 unspecified atom stereocenters. The van der Waals surface area contributed by atoms with E-state index in [2.05, 4.69) is 251 Å². The summed E-state index contributed by atoms with van der Waals surface area (Å²) < 4.78 is 61.4. The van der Waals surface area contributed by atoms with Crippen molar-refractivity contribution in [3.63, 3.8) is 0 Å². The van der Waals surface area contributed by atoms with Gasteiger partial charge < -0.3 is 4.90 Å². The van der Waals surface area contributed by atoms with Gasteiger partial charge in [0, 0.05) is 64.0 Å². The average Bonchev–Trinajstić information content (AvgIpc) is 1.42. The molecule has 8 aromatic rings. The van der Waals surface area contributed by atoms with Crippen LogP contribution < -0.4 is 26.3 Å². The number of hydrogen-bond donors (Lipinski definition) is 1. The van der Waals surface area contributed by atoms with Gasteiger partial charge in [-0.3, -0.25) is 9.53 Å². The average molecular weight is 1520 g/mol. The predicted molar refractivity (Wildman–Crippen MR) is 434 cm³/mol. The highest BCUT2D eigenvalue weighted by Crippen LogP contribution is 2.76. The lowest BCUT2D eigenvalue weighted by Crippen LogP contribution is -2.30. The van der Waals surface area contributed by atoms with Crippen LogP contribution in [0.3, 0.4) is 0 Å². The summed E-state index contributed by atoms with van der Waals surface area (Å²) in [4.78, 5) is 2.38. The number of rotatable bonds is 20. The van der Waals surface area contributed by atoms with Gasteiger partial charge in [0.2, 0.25) is 0 Å². The van der Waals surface area contributed by atoms with E-state index in [9.17, 15) is 8.78 Å². The molecule has 4 atom stereocenters. The van der Waals surface area contributed by atoms with Crippen LogP contribution in [-0.4, -0.2) is 42.1 Å². The minimum Gasteiger partial charge on any atom is -0.304 e. The third-order valence-electron chi connectivity index (χ3n) is 19.0. The maximum atomic E-state index is 15.9. The second-order valence-corrected chi connectivity index (χ2v) is 41.9. The predicted octanol–water partition coefficient (Wildman–Crippen LogP) is 25.4. The van der Waals surface area contributed by atoms with Crippen molar-refractivity contribution in [2.75, 3.05) is 32.7 Å². The van der Waals surface area contributed by atoms with Crippen LogP contribution in [0.1, 0.15) is 236 Å². The summed E-state index contributed by atoms with van der Waals surface area (Å²) in [5.74, 6) is -1.04. The van der Waals surface area contributed by atoms with Gasteiger partial charge >= 0.3 is 0 Å². The molecular weight excluding hydrogens is 1400 g/mol. The van der Waals surface area contributed by atoms with E-state index in [4.69, 9.17) is 0 Å². The van der Waals surface area contributed by atoms with Crippen molar-refractivity contribution < 1.29 is 17.6 Å². The molecule has 2 fully saturated rings. The summed E-state index contributed by atoms with van der Waals surface area (Å²) in [5.41, 5.74) is 12.8. The summed E-state index contributed by atoms with van der Waals surface area (Å²) in [5, 5.41) is 6.41. The Morgan fingerprint density at radius 2 is 0.663 bits per heavy atom. The molecule has 1 N–H and O–H groups in total. The van der Waals surface area contributed by atoms with Gasteiger partial charge in [-0.15, -0.1) is 0 Å². The number of nitrogens with zero attached hydrogens (tertiary/aromatic N) is 2. The Hall–Kier alpha value is -4.19. The van der Waals surface area contributed by atoms with Gasteiger partial charge in [0.25, 0.3) is 0 Å². The lowest BCUT2D eigenvalue weighted by Gasteiger charge is -2.42. The summed E-state index contributed by atoms with van der Waals surface area (Å²) >= 11 is 2.11. The van der Waals surface area contributed by atoms with Crippen molar-refractivity contribution in [2.45, 2.75) is 213 Å². The first-order chi connectivity index (χ1) is 46.5. The van der Waals surface area contributed by atoms with Crippen molar-refractivity contribution in [1.82, 2.24) is 14.4 Å². The smallest absolute Gasteiger partial charge is 0.132 e. The number of unbranched alkanes of at least 4 members (excludes halogenated alkanes) is 2. The first-order valence-corrected chi connectivity index (χ1v) is 44.3. The highest BCUT2D eigenvalue weighted by molar-refractivity contribution is 14.2. The molecule has 98 heavy (non-hydrogen) atoms. The third kappa shape index (κ3) is 22.2. The standard InChI is InChI=1S/C40H49F2NP2.C28H42NP.C12H8F2IP.C6H15N/c1-8-9-28-43(45(37-16-12-10-14-33(37)41)38-17-13-11-15-34(38)42)44-35(29-18-22-31(23-19-29)39(2,3)4)26-27-36(44)30-20-24-32(25-21-30)40(5,6)7;1-8-9-20-29-30-25(21-10-14-23(15-11-21)27(2,3)4)18-19-26(30)22-12-16-24(17-13-22)28(5,6)7;13-9-5-1-3-7-11(9)16(15)12-8-4-2-6-10(12)14;1-4-7(5-2)6-3/h10-25,35-36H,8-9,26-28H2,1-7H3;10-17,25-26,29H,8-9,18-20H2,1-7H3;1-8H;4-6H2,1-3H3/t35-,36-;25-,26-;;/m00../s1. The van der Waals surface area contributed by atoms with Gasteiger partial charge in [-0.2, -0.15) is 0 Å². The molecule has 8 aromatic carbocycles. The highest BCUT2D eigenvalue weighted by Gasteiger charge is 2.45. The van der Waals surface area contributed by atoms with E-state index in [0.717, 1.165) is 38.8 Å². The van der Waals surface area contributed by atoms with Crippen LogP contribution in [0.4, 0.5) is 17.6 Å². The minimum absolute atomic E-state index is 0.0768. The molecule has 0 bridgehead atoms. The van der Waals surface area contributed by atoms with Crippen LogP contribution >= 0.6 is 51.8 Å². The fourth-order valence-corrected chi connectivity index (χ4v) is 27.1. The van der Waals surface area contributed by atoms with Gasteiger partial charge in [0.15, 0.2) is 0 Å². The number of nitrogens with one attached hydrogen (secondary N) is 1. The molecule has 0 aliphatic carbocycles. The van der Waals surface area contributed by atoms with Crippen LogP contribution in [0.15, 0.2) is 194 Å². The Labute approximate surface area is 608 Å². The molecule has 0 spiro atoms. The minimum atomic E-state index is -1.45. The van der Waals surface area contributed by atoms with Crippen molar-refractivity contribution in [2.24, 2.45) is 0 Å². The first-order valence-electron chi connectivity index (χ1n) is 36.0. The largest absolute Gasteiger partial charge is 0.304 e. The van der Waals surface area contributed by atoms with E-state index in [0.29, 0.717) is 43.9 Å². The molecule has 2 aliphatic heterocycles. The van der Waals surface area contributed by atoms with Crippen molar-refractivity contribution >= 4 is 73.0 Å². The van der Waals surface area contributed by atoms with E-state index in [1.54, 1.807) is 48.5 Å². The topological polar surface area (TPSA) is 18.5 Å². The SMILES string of the molecule is CCCCN(P(c1ccccc1F)c1ccccc1F)P1[C@H](c2ccc(C(C)(C)C)cc2)CC[C@H]1c1ccc(C(C)(C)C)cc1.CCCCNP1[C@H](c2ccc(C(C)(C)C)cc2)CC[C@H]1c1ccc(C(C)(C)C)cc1.CCN(CC)CC.Fc1ccccc1P(I)c1ccccc1F. The Balaban J connectivity index is 0.000000217. The zero-order valence-electron chi connectivity index (χ0n) is 62.1. The molecule has 12 heteroatoms. The van der Waals surface area contributed by atoms with Crippen molar-refractivity contribution in [3.8, 4) is 0 Å². The van der Waals surface area contributed by atoms with Crippen LogP contribution in [0.25, 0.3) is 0 Å². The molecule has 528 valence electrons. The zero-order valence-corrected chi connectivity index (χ0v) is 67.8. The summed E-state index contributed by atoms with van der Waals surface area (Å²) in [6.45, 7) is 43.9. The van der Waals surface area contributed by atoms with Gasteiger partial charge in [-0.25, -0.2) is 17.6 Å². The molecule has 3 nitrogen and oxygen atoms in total. The molecule has 2 saturated heterocycles. The van der Waals surface area contributed by atoms with Gasteiger partial charge in [-0.1, -0.05) is 288 Å². The van der Waals surface area contributed by atoms with Crippen LogP contribution in [0.2, 0.25) is 0 Å². The highest BCUT2D eigenvalue weighted by atomic mass is 127. The van der Waals surface area contributed by atoms with Crippen LogP contribution in [0.5, 0.6) is 0 Å². The Morgan fingerprint density at radius 1 is 0.388 bits per heavy atom. The lowest BCUT2D eigenvalue weighted by molar-refractivity contribution is 0.321. The van der Waals surface area contributed by atoms with Crippen molar-refractivity contribution in [1.29, 1.82) is 0 Å². The Morgan fingerprint density at radius 3 is 0.929 bits per heavy atom. The molecule has 0 aromatic heterocycles. The summed E-state index contributed by atoms with van der Waals surface area (Å²) in [6.07, 6.45) is 9.24. The molecule has 2 heterocycles. The molecule has 10 rings (SSSR count). The number of benzene rings is 8. The van der Waals surface area contributed by atoms with E-state index in [1.807, 2.05) is 24.3 Å². The molecule has 2 aliphatic rings. The lowest BCUT2D eigenvalue weighted by atomic mass is 9.86. The fraction of sp³-hybridized carbons (Fsp3) is 0.442. The van der Waals surface area contributed by atoms with Gasteiger partial charge in [0.05, 0.1) is 0 Å². The maximum absolute atomic E-state index is 15.9. The van der Waals surface area contributed by atoms with Crippen LogP contribution in [0, 0.1) is 23.3 Å². The number of halogens is 5. The van der Waals surface area contributed by atoms with Gasteiger partial charge in [-0.05, 0) is 205 Å². The van der Waals surface area contributed by atoms with E-state index in [-0.39, 0.29) is 53.0 Å². The Kier molecular flexibility index (Phi) is 31.3. The fourth-order valence-electron chi connectivity index (χ4n) is 12.9. The summed E-state index contributed by atoms with van der Waals surface area (Å²) in [6, 6.07) is 64.8. The van der Waals surface area contributed by atoms with Crippen LogP contribution in [-0.2, 0) is 21.7 Å².